The molecular weight excluding hydrogens is 506 g/mol. The molecule has 1 unspecified atom stereocenters. The van der Waals surface area contributed by atoms with Crippen LogP contribution in [0.25, 0.3) is 21.9 Å². The molecule has 0 bridgehead atoms. The van der Waals surface area contributed by atoms with E-state index in [4.69, 9.17) is 9.47 Å². The van der Waals surface area contributed by atoms with Gasteiger partial charge in [0.25, 0.3) is 11.5 Å². The SMILES string of the molecule is CCOC(=O)Cc1csc(NC(=O)C(CC)OC(=O)c2c(-c3ccccc3)c3ccccc3c(=O)n2C)n1. The zero-order valence-electron chi connectivity index (χ0n) is 21.2. The third-order valence-electron chi connectivity index (χ3n) is 5.88. The van der Waals surface area contributed by atoms with Gasteiger partial charge in [0.2, 0.25) is 0 Å². The molecule has 9 nitrogen and oxygen atoms in total. The van der Waals surface area contributed by atoms with Gasteiger partial charge in [-0.05, 0) is 30.4 Å². The highest BCUT2D eigenvalue weighted by Crippen LogP contribution is 2.31. The van der Waals surface area contributed by atoms with E-state index in [1.807, 2.05) is 30.3 Å². The molecule has 4 aromatic rings. The van der Waals surface area contributed by atoms with Crippen LogP contribution in [0, 0.1) is 0 Å². The second-order valence-electron chi connectivity index (χ2n) is 8.42. The number of fused-ring (bicyclic) bond motifs is 1. The highest BCUT2D eigenvalue weighted by atomic mass is 32.1. The fourth-order valence-electron chi connectivity index (χ4n) is 4.10. The van der Waals surface area contributed by atoms with Gasteiger partial charge in [0.15, 0.2) is 11.2 Å². The fourth-order valence-corrected chi connectivity index (χ4v) is 4.81. The molecule has 0 radical (unpaired) electrons. The van der Waals surface area contributed by atoms with Crippen LogP contribution in [0.3, 0.4) is 0 Å². The Morgan fingerprint density at radius 3 is 2.39 bits per heavy atom. The van der Waals surface area contributed by atoms with Gasteiger partial charge >= 0.3 is 11.9 Å². The van der Waals surface area contributed by atoms with Gasteiger partial charge in [-0.15, -0.1) is 11.3 Å². The number of nitrogens with one attached hydrogen (secondary N) is 1. The topological polar surface area (TPSA) is 117 Å². The molecule has 2 heterocycles. The van der Waals surface area contributed by atoms with Crippen LogP contribution < -0.4 is 10.9 Å². The zero-order valence-corrected chi connectivity index (χ0v) is 22.0. The summed E-state index contributed by atoms with van der Waals surface area (Å²) in [4.78, 5) is 55.6. The summed E-state index contributed by atoms with van der Waals surface area (Å²) in [6, 6.07) is 16.3. The first-order chi connectivity index (χ1) is 18.3. The van der Waals surface area contributed by atoms with E-state index in [2.05, 4.69) is 10.3 Å². The first-order valence-electron chi connectivity index (χ1n) is 12.1. The van der Waals surface area contributed by atoms with E-state index < -0.39 is 23.9 Å². The van der Waals surface area contributed by atoms with E-state index in [-0.39, 0.29) is 35.8 Å². The number of anilines is 1. The van der Waals surface area contributed by atoms with Gasteiger partial charge < -0.3 is 14.0 Å². The summed E-state index contributed by atoms with van der Waals surface area (Å²) >= 11 is 1.15. The van der Waals surface area contributed by atoms with Crippen molar-refractivity contribution in [3.63, 3.8) is 0 Å². The Labute approximate surface area is 223 Å². The van der Waals surface area contributed by atoms with Crippen molar-refractivity contribution in [1.82, 2.24) is 9.55 Å². The lowest BCUT2D eigenvalue weighted by molar-refractivity contribution is -0.142. The number of amides is 1. The van der Waals surface area contributed by atoms with E-state index in [0.29, 0.717) is 22.0 Å². The molecule has 196 valence electrons. The number of carbonyl (C=O) groups is 3. The molecule has 38 heavy (non-hydrogen) atoms. The number of nitrogens with zero attached hydrogens (tertiary/aromatic N) is 2. The smallest absolute Gasteiger partial charge is 0.356 e. The van der Waals surface area contributed by atoms with Crippen LogP contribution in [-0.4, -0.2) is 40.1 Å². The average molecular weight is 534 g/mol. The Morgan fingerprint density at radius 1 is 1.03 bits per heavy atom. The molecule has 0 spiro atoms. The van der Waals surface area contributed by atoms with Crippen molar-refractivity contribution in [1.29, 1.82) is 0 Å². The number of thiazole rings is 1. The third-order valence-corrected chi connectivity index (χ3v) is 6.69. The van der Waals surface area contributed by atoms with Crippen molar-refractivity contribution in [2.45, 2.75) is 32.8 Å². The fraction of sp³-hybridized carbons (Fsp3) is 0.250. The Balaban J connectivity index is 1.62. The van der Waals surface area contributed by atoms with Crippen molar-refractivity contribution in [2.24, 2.45) is 7.05 Å². The number of aromatic nitrogens is 2. The molecule has 0 aliphatic carbocycles. The van der Waals surface area contributed by atoms with Gasteiger partial charge in [-0.2, -0.15) is 0 Å². The Kier molecular flexibility index (Phi) is 8.32. The lowest BCUT2D eigenvalue weighted by atomic mass is 9.97. The van der Waals surface area contributed by atoms with Crippen LogP contribution >= 0.6 is 11.3 Å². The van der Waals surface area contributed by atoms with Gasteiger partial charge in [-0.1, -0.05) is 55.5 Å². The maximum absolute atomic E-state index is 13.5. The van der Waals surface area contributed by atoms with Crippen molar-refractivity contribution < 1.29 is 23.9 Å². The number of ether oxygens (including phenoxy) is 2. The summed E-state index contributed by atoms with van der Waals surface area (Å²) in [7, 11) is 1.51. The number of rotatable bonds is 9. The molecule has 0 aliphatic heterocycles. The molecule has 0 saturated carbocycles. The van der Waals surface area contributed by atoms with Crippen LogP contribution in [0.4, 0.5) is 5.13 Å². The highest BCUT2D eigenvalue weighted by molar-refractivity contribution is 7.13. The molecule has 0 saturated heterocycles. The minimum atomic E-state index is -1.13. The molecule has 2 aromatic carbocycles. The number of hydrogen-bond donors (Lipinski definition) is 1. The van der Waals surface area contributed by atoms with E-state index in [0.717, 1.165) is 16.9 Å². The number of esters is 2. The van der Waals surface area contributed by atoms with Gasteiger partial charge in [0, 0.05) is 23.4 Å². The highest BCUT2D eigenvalue weighted by Gasteiger charge is 2.28. The molecule has 2 aromatic heterocycles. The van der Waals surface area contributed by atoms with Crippen LogP contribution in [0.5, 0.6) is 0 Å². The first-order valence-corrected chi connectivity index (χ1v) is 13.0. The molecule has 1 amide bonds. The third kappa shape index (κ3) is 5.65. The predicted molar refractivity (Wildman–Crippen MR) is 145 cm³/mol. The Hall–Kier alpha value is -4.31. The molecule has 0 fully saturated rings. The lowest BCUT2D eigenvalue weighted by Gasteiger charge is -2.20. The van der Waals surface area contributed by atoms with E-state index in [1.54, 1.807) is 43.5 Å². The largest absolute Gasteiger partial charge is 0.466 e. The van der Waals surface area contributed by atoms with Gasteiger partial charge in [0.1, 0.15) is 5.69 Å². The maximum atomic E-state index is 13.5. The van der Waals surface area contributed by atoms with Gasteiger partial charge in [-0.25, -0.2) is 9.78 Å². The zero-order chi connectivity index (χ0) is 27.2. The minimum Gasteiger partial charge on any atom is -0.466 e. The number of carbonyl (C=O) groups excluding carboxylic acids is 3. The summed E-state index contributed by atoms with van der Waals surface area (Å²) in [6.45, 7) is 3.70. The summed E-state index contributed by atoms with van der Waals surface area (Å²) in [5.41, 5.74) is 1.46. The average Bonchev–Trinajstić information content (AvgIpc) is 3.35. The van der Waals surface area contributed by atoms with Crippen LogP contribution in [0.2, 0.25) is 0 Å². The van der Waals surface area contributed by atoms with Gasteiger partial charge in [-0.3, -0.25) is 19.7 Å². The van der Waals surface area contributed by atoms with Crippen molar-refractivity contribution in [2.75, 3.05) is 11.9 Å². The quantitative estimate of drug-likeness (QED) is 0.318. The van der Waals surface area contributed by atoms with Crippen molar-refractivity contribution in [3.05, 3.63) is 81.7 Å². The van der Waals surface area contributed by atoms with E-state index >= 15 is 0 Å². The summed E-state index contributed by atoms with van der Waals surface area (Å²) in [5.74, 6) is -1.77. The van der Waals surface area contributed by atoms with Crippen molar-refractivity contribution >= 4 is 45.1 Å². The Morgan fingerprint density at radius 2 is 1.71 bits per heavy atom. The van der Waals surface area contributed by atoms with Crippen LogP contribution in [-0.2, 0) is 32.5 Å². The number of benzene rings is 2. The second-order valence-corrected chi connectivity index (χ2v) is 9.27. The van der Waals surface area contributed by atoms with Crippen LogP contribution in [0.15, 0.2) is 64.8 Å². The monoisotopic (exact) mass is 533 g/mol. The van der Waals surface area contributed by atoms with E-state index in [1.165, 1.54) is 11.6 Å². The molecular formula is C28H27N3O6S. The number of hydrogen-bond acceptors (Lipinski definition) is 8. The summed E-state index contributed by atoms with van der Waals surface area (Å²) < 4.78 is 11.8. The van der Waals surface area contributed by atoms with Crippen LogP contribution in [0.1, 0.15) is 36.5 Å². The minimum absolute atomic E-state index is 0.00927. The molecule has 1 N–H and O–H groups in total. The second kappa shape index (κ2) is 11.8. The summed E-state index contributed by atoms with van der Waals surface area (Å²) in [6.07, 6.45) is -0.948. The molecule has 0 aliphatic rings. The first kappa shape index (κ1) is 26.7. The molecule has 10 heteroatoms. The maximum Gasteiger partial charge on any atom is 0.356 e. The Bertz CT molecular complexity index is 1540. The molecule has 1 atom stereocenters. The summed E-state index contributed by atoms with van der Waals surface area (Å²) in [5, 5.41) is 5.65. The molecule has 4 rings (SSSR count). The standard InChI is InChI=1S/C28H27N3O6S/c1-4-21(25(33)30-28-29-18(16-38-28)15-22(32)36-5-2)37-27(35)24-23(17-11-7-6-8-12-17)19-13-9-10-14-20(19)26(34)31(24)3/h6-14,16,21H,4-5,15H2,1-3H3,(H,29,30,33). The normalized spacial score (nSPS) is 11.7. The lowest BCUT2D eigenvalue weighted by Crippen LogP contribution is -2.34. The van der Waals surface area contributed by atoms with Crippen molar-refractivity contribution in [3.8, 4) is 11.1 Å². The number of pyridine rings is 1. The van der Waals surface area contributed by atoms with Gasteiger partial charge in [0.05, 0.1) is 18.7 Å². The predicted octanol–water partition coefficient (Wildman–Crippen LogP) is 4.34. The van der Waals surface area contributed by atoms with E-state index in [9.17, 15) is 19.2 Å².